The fraction of sp³-hybridized carbons (Fsp3) is 0.455. The normalized spacial score (nSPS) is 12.8. The number of aliphatic hydroxyl groups excluding tert-OH is 1. The Hall–Kier alpha value is -0.470. The molecule has 0 aliphatic carbocycles. The molecule has 2 heteroatoms. The summed E-state index contributed by atoms with van der Waals surface area (Å²) in [5, 5.41) is 8.96. The van der Waals surface area contributed by atoms with Crippen molar-refractivity contribution in [2.45, 2.75) is 24.7 Å². The van der Waals surface area contributed by atoms with E-state index < -0.39 is 0 Å². The number of aliphatic hydroxyl groups is 1. The summed E-state index contributed by atoms with van der Waals surface area (Å²) in [6.45, 7) is 4.40. The van der Waals surface area contributed by atoms with Gasteiger partial charge in [0.1, 0.15) is 0 Å². The Morgan fingerprint density at radius 1 is 1.31 bits per heavy atom. The van der Waals surface area contributed by atoms with Crippen molar-refractivity contribution in [2.75, 3.05) is 12.4 Å². The maximum absolute atomic E-state index is 8.96. The predicted molar refractivity (Wildman–Crippen MR) is 58.3 cm³/mol. The Morgan fingerprint density at radius 3 is 2.38 bits per heavy atom. The van der Waals surface area contributed by atoms with Crippen molar-refractivity contribution >= 4 is 11.8 Å². The topological polar surface area (TPSA) is 20.2 Å². The standard InChI is InChI=1S/C11H16OS/c1-3-13-11-6-4-10(5-7-11)9(2)8-12/h4-7,9,12H,3,8H2,1-2H3. The third-order valence-corrected chi connectivity index (χ3v) is 2.93. The fourth-order valence-electron chi connectivity index (χ4n) is 1.16. The third-order valence-electron chi connectivity index (χ3n) is 2.03. The van der Waals surface area contributed by atoms with Gasteiger partial charge in [0.15, 0.2) is 0 Å². The predicted octanol–water partition coefficient (Wildman–Crippen LogP) is 2.89. The second kappa shape index (κ2) is 5.30. The first-order valence-electron chi connectivity index (χ1n) is 4.61. The first kappa shape index (κ1) is 10.6. The summed E-state index contributed by atoms with van der Waals surface area (Å²) in [5.74, 6) is 1.36. The largest absolute Gasteiger partial charge is 0.396 e. The molecule has 0 saturated carbocycles. The summed E-state index contributed by atoms with van der Waals surface area (Å²) >= 11 is 1.84. The molecule has 0 aliphatic rings. The van der Waals surface area contributed by atoms with E-state index in [1.54, 1.807) is 0 Å². The summed E-state index contributed by atoms with van der Waals surface area (Å²) in [4.78, 5) is 1.30. The van der Waals surface area contributed by atoms with E-state index in [9.17, 15) is 0 Å². The fourth-order valence-corrected chi connectivity index (χ4v) is 1.83. The van der Waals surface area contributed by atoms with Crippen LogP contribution in [0.1, 0.15) is 25.3 Å². The molecule has 1 aromatic rings. The quantitative estimate of drug-likeness (QED) is 0.747. The minimum Gasteiger partial charge on any atom is -0.396 e. The van der Waals surface area contributed by atoms with Gasteiger partial charge in [-0.3, -0.25) is 0 Å². The number of hydrogen-bond donors (Lipinski definition) is 1. The van der Waals surface area contributed by atoms with Crippen LogP contribution in [0.25, 0.3) is 0 Å². The highest BCUT2D eigenvalue weighted by Gasteiger charge is 2.02. The van der Waals surface area contributed by atoms with E-state index in [2.05, 4.69) is 31.2 Å². The summed E-state index contributed by atoms with van der Waals surface area (Å²) in [7, 11) is 0. The zero-order valence-electron chi connectivity index (χ0n) is 8.16. The lowest BCUT2D eigenvalue weighted by molar-refractivity contribution is 0.273. The van der Waals surface area contributed by atoms with E-state index >= 15 is 0 Å². The van der Waals surface area contributed by atoms with E-state index in [1.807, 2.05) is 18.7 Å². The SMILES string of the molecule is CCSc1ccc(C(C)CO)cc1. The van der Waals surface area contributed by atoms with Gasteiger partial charge < -0.3 is 5.11 Å². The number of thioether (sulfide) groups is 1. The van der Waals surface area contributed by atoms with Crippen LogP contribution in [-0.4, -0.2) is 17.5 Å². The van der Waals surface area contributed by atoms with E-state index in [0.29, 0.717) is 0 Å². The van der Waals surface area contributed by atoms with Crippen LogP contribution in [0, 0.1) is 0 Å². The molecule has 0 radical (unpaired) electrons. The highest BCUT2D eigenvalue weighted by atomic mass is 32.2. The van der Waals surface area contributed by atoms with Crippen molar-refractivity contribution in [1.29, 1.82) is 0 Å². The summed E-state index contributed by atoms with van der Waals surface area (Å²) in [5.41, 5.74) is 1.21. The third kappa shape index (κ3) is 3.05. The molecule has 0 amide bonds. The molecule has 1 N–H and O–H groups in total. The van der Waals surface area contributed by atoms with Crippen LogP contribution < -0.4 is 0 Å². The molecule has 0 aromatic heterocycles. The van der Waals surface area contributed by atoms with Crippen molar-refractivity contribution in [3.8, 4) is 0 Å². The Balaban J connectivity index is 2.69. The highest BCUT2D eigenvalue weighted by molar-refractivity contribution is 7.99. The van der Waals surface area contributed by atoms with E-state index in [-0.39, 0.29) is 12.5 Å². The lowest BCUT2D eigenvalue weighted by Crippen LogP contribution is -1.97. The Bertz CT molecular complexity index is 243. The van der Waals surface area contributed by atoms with E-state index in [1.165, 1.54) is 10.5 Å². The summed E-state index contributed by atoms with van der Waals surface area (Å²) < 4.78 is 0. The molecule has 0 heterocycles. The molecular weight excluding hydrogens is 180 g/mol. The van der Waals surface area contributed by atoms with E-state index in [0.717, 1.165) is 5.75 Å². The van der Waals surface area contributed by atoms with Crippen molar-refractivity contribution in [2.24, 2.45) is 0 Å². The van der Waals surface area contributed by atoms with Crippen molar-refractivity contribution < 1.29 is 5.11 Å². The van der Waals surface area contributed by atoms with Crippen LogP contribution in [0.5, 0.6) is 0 Å². The van der Waals surface area contributed by atoms with Gasteiger partial charge in [0.05, 0.1) is 0 Å². The van der Waals surface area contributed by atoms with E-state index in [4.69, 9.17) is 5.11 Å². The average Bonchev–Trinajstić information content (AvgIpc) is 2.18. The van der Waals surface area contributed by atoms with Crippen molar-refractivity contribution in [3.05, 3.63) is 29.8 Å². The highest BCUT2D eigenvalue weighted by Crippen LogP contribution is 2.21. The van der Waals surface area contributed by atoms with Crippen molar-refractivity contribution in [1.82, 2.24) is 0 Å². The minimum atomic E-state index is 0.222. The monoisotopic (exact) mass is 196 g/mol. The summed E-state index contributed by atoms with van der Waals surface area (Å²) in [6, 6.07) is 8.43. The second-order valence-electron chi connectivity index (χ2n) is 3.09. The van der Waals surface area contributed by atoms with Gasteiger partial charge in [-0.15, -0.1) is 11.8 Å². The Labute approximate surface area is 84.2 Å². The summed E-state index contributed by atoms with van der Waals surface area (Å²) in [6.07, 6.45) is 0. The Morgan fingerprint density at radius 2 is 1.92 bits per heavy atom. The molecule has 13 heavy (non-hydrogen) atoms. The molecule has 72 valence electrons. The molecule has 0 spiro atoms. The van der Waals surface area contributed by atoms with Crippen LogP contribution in [0.15, 0.2) is 29.2 Å². The maximum Gasteiger partial charge on any atom is 0.0497 e. The van der Waals surface area contributed by atoms with Gasteiger partial charge in [0.25, 0.3) is 0 Å². The van der Waals surface area contributed by atoms with Crippen molar-refractivity contribution in [3.63, 3.8) is 0 Å². The molecule has 1 aromatic carbocycles. The zero-order chi connectivity index (χ0) is 9.68. The van der Waals surface area contributed by atoms with Gasteiger partial charge in [-0.2, -0.15) is 0 Å². The van der Waals surface area contributed by atoms with Gasteiger partial charge in [-0.1, -0.05) is 26.0 Å². The molecule has 0 fully saturated rings. The second-order valence-corrected chi connectivity index (χ2v) is 4.42. The average molecular weight is 196 g/mol. The molecule has 1 atom stereocenters. The molecular formula is C11H16OS. The molecule has 1 unspecified atom stereocenters. The van der Waals surface area contributed by atoms with Crippen LogP contribution in [0.4, 0.5) is 0 Å². The Kier molecular flexibility index (Phi) is 4.33. The number of benzene rings is 1. The smallest absolute Gasteiger partial charge is 0.0497 e. The van der Waals surface area contributed by atoms with Crippen LogP contribution in [-0.2, 0) is 0 Å². The lowest BCUT2D eigenvalue weighted by atomic mass is 10.0. The van der Waals surface area contributed by atoms with Crippen LogP contribution in [0.2, 0.25) is 0 Å². The maximum atomic E-state index is 8.96. The van der Waals surface area contributed by atoms with Gasteiger partial charge in [-0.05, 0) is 23.4 Å². The number of rotatable bonds is 4. The zero-order valence-corrected chi connectivity index (χ0v) is 8.97. The molecule has 0 aliphatic heterocycles. The lowest BCUT2D eigenvalue weighted by Gasteiger charge is -2.08. The van der Waals surface area contributed by atoms with Crippen LogP contribution >= 0.6 is 11.8 Å². The number of hydrogen-bond acceptors (Lipinski definition) is 2. The van der Waals surface area contributed by atoms with Crippen LogP contribution in [0.3, 0.4) is 0 Å². The first-order valence-corrected chi connectivity index (χ1v) is 5.60. The first-order chi connectivity index (χ1) is 6.27. The van der Waals surface area contributed by atoms with Gasteiger partial charge in [0, 0.05) is 17.4 Å². The minimum absolute atomic E-state index is 0.222. The van der Waals surface area contributed by atoms with Gasteiger partial charge in [-0.25, -0.2) is 0 Å². The molecule has 1 nitrogen and oxygen atoms in total. The molecule has 0 bridgehead atoms. The molecule has 1 rings (SSSR count). The van der Waals surface area contributed by atoms with Gasteiger partial charge >= 0.3 is 0 Å². The van der Waals surface area contributed by atoms with Gasteiger partial charge in [0.2, 0.25) is 0 Å². The molecule has 0 saturated heterocycles.